The fourth-order valence-electron chi connectivity index (χ4n) is 4.02. The van der Waals surface area contributed by atoms with Crippen molar-refractivity contribution in [3.05, 3.63) is 80.0 Å². The lowest BCUT2D eigenvalue weighted by Gasteiger charge is -2.32. The van der Waals surface area contributed by atoms with Crippen LogP contribution < -0.4 is 0 Å². The number of thiazole rings is 1. The molecule has 1 fully saturated rings. The molecule has 29 heavy (non-hydrogen) atoms. The van der Waals surface area contributed by atoms with Crippen LogP contribution in [0.25, 0.3) is 0 Å². The van der Waals surface area contributed by atoms with Crippen LogP contribution in [0, 0.1) is 13.8 Å². The largest absolute Gasteiger partial charge is 0.337 e. The summed E-state index contributed by atoms with van der Waals surface area (Å²) in [4.78, 5) is 24.7. The van der Waals surface area contributed by atoms with Crippen molar-refractivity contribution in [2.45, 2.75) is 39.0 Å². The number of nitrogens with zero attached hydrogens (tertiary/aromatic N) is 3. The number of aromatic nitrogens is 2. The van der Waals surface area contributed by atoms with E-state index >= 15 is 0 Å². The van der Waals surface area contributed by atoms with E-state index in [1.165, 1.54) is 22.5 Å². The Morgan fingerprint density at radius 1 is 1.24 bits per heavy atom. The van der Waals surface area contributed by atoms with Crippen molar-refractivity contribution in [2.24, 2.45) is 0 Å². The summed E-state index contributed by atoms with van der Waals surface area (Å²) in [6.45, 7) is 5.45. The van der Waals surface area contributed by atoms with Gasteiger partial charge in [0.1, 0.15) is 4.88 Å². The topological polar surface area (TPSA) is 46.1 Å². The maximum atomic E-state index is 12.9. The normalized spacial score (nSPS) is 16.8. The number of carbonyl (C=O) groups is 1. The molecule has 0 radical (unpaired) electrons. The Bertz CT molecular complexity index is 1030. The van der Waals surface area contributed by atoms with Crippen molar-refractivity contribution in [2.75, 3.05) is 13.1 Å². The van der Waals surface area contributed by atoms with E-state index in [2.05, 4.69) is 23.2 Å². The number of likely N-dealkylation sites (tertiary alicyclic amines) is 1. The number of carbonyl (C=O) groups excluding carboxylic acids is 1. The molecular formula is C23H24ClN3OS. The number of halogens is 1. The summed E-state index contributed by atoms with van der Waals surface area (Å²) in [5, 5.41) is 0.758. The third kappa shape index (κ3) is 4.68. The van der Waals surface area contributed by atoms with Crippen molar-refractivity contribution in [3.8, 4) is 0 Å². The molecule has 150 valence electrons. The van der Waals surface area contributed by atoms with E-state index in [1.54, 1.807) is 5.51 Å². The molecule has 4 nitrogen and oxygen atoms in total. The minimum Gasteiger partial charge on any atom is -0.337 e. The number of hydrogen-bond acceptors (Lipinski definition) is 4. The smallest absolute Gasteiger partial charge is 0.265 e. The van der Waals surface area contributed by atoms with Crippen LogP contribution in [-0.4, -0.2) is 33.9 Å². The molecule has 0 N–H and O–H groups in total. The first-order valence-electron chi connectivity index (χ1n) is 9.91. The Morgan fingerprint density at radius 3 is 2.86 bits per heavy atom. The Kier molecular flexibility index (Phi) is 5.97. The molecule has 0 saturated carbocycles. The molecule has 1 saturated heterocycles. The summed E-state index contributed by atoms with van der Waals surface area (Å²) in [5.41, 5.74) is 7.09. The average molecular weight is 426 g/mol. The van der Waals surface area contributed by atoms with E-state index < -0.39 is 0 Å². The van der Waals surface area contributed by atoms with Crippen molar-refractivity contribution in [1.29, 1.82) is 0 Å². The first-order chi connectivity index (χ1) is 14.0. The quantitative estimate of drug-likeness (QED) is 0.560. The van der Waals surface area contributed by atoms with Crippen LogP contribution >= 0.6 is 22.9 Å². The van der Waals surface area contributed by atoms with Crippen LogP contribution in [-0.2, 0) is 6.42 Å². The highest BCUT2D eigenvalue weighted by molar-refractivity contribution is 7.11. The predicted octanol–water partition coefficient (Wildman–Crippen LogP) is 5.42. The second kappa shape index (κ2) is 8.64. The monoisotopic (exact) mass is 425 g/mol. The van der Waals surface area contributed by atoms with Gasteiger partial charge in [-0.25, -0.2) is 4.98 Å². The second-order valence-electron chi connectivity index (χ2n) is 7.71. The maximum Gasteiger partial charge on any atom is 0.265 e. The Labute approximate surface area is 180 Å². The van der Waals surface area contributed by atoms with Gasteiger partial charge in [-0.15, -0.1) is 11.3 Å². The highest BCUT2D eigenvalue weighted by Gasteiger charge is 2.28. The summed E-state index contributed by atoms with van der Waals surface area (Å²) >= 11 is 7.57. The maximum absolute atomic E-state index is 12.9. The molecule has 1 aromatic carbocycles. The summed E-state index contributed by atoms with van der Waals surface area (Å²) in [6.07, 6.45) is 2.87. The van der Waals surface area contributed by atoms with E-state index in [0.29, 0.717) is 6.54 Å². The Morgan fingerprint density at radius 2 is 2.10 bits per heavy atom. The third-order valence-electron chi connectivity index (χ3n) is 5.40. The molecule has 6 heteroatoms. The van der Waals surface area contributed by atoms with Gasteiger partial charge in [0, 0.05) is 35.4 Å². The van der Waals surface area contributed by atoms with Gasteiger partial charge in [0.2, 0.25) is 0 Å². The fourth-order valence-corrected chi connectivity index (χ4v) is 5.00. The van der Waals surface area contributed by atoms with Gasteiger partial charge in [-0.2, -0.15) is 0 Å². The van der Waals surface area contributed by atoms with Crippen molar-refractivity contribution in [1.82, 2.24) is 14.9 Å². The fraction of sp³-hybridized carbons (Fsp3) is 0.348. The van der Waals surface area contributed by atoms with Crippen molar-refractivity contribution in [3.63, 3.8) is 0 Å². The molecule has 1 aliphatic heterocycles. The lowest BCUT2D eigenvalue weighted by atomic mass is 9.92. The van der Waals surface area contributed by atoms with E-state index in [4.69, 9.17) is 16.6 Å². The van der Waals surface area contributed by atoms with Gasteiger partial charge < -0.3 is 4.90 Å². The number of aryl methyl sites for hydroxylation is 2. The third-order valence-corrected chi connectivity index (χ3v) is 6.55. The van der Waals surface area contributed by atoms with Crippen LogP contribution in [0.4, 0.5) is 0 Å². The molecule has 1 aliphatic rings. The van der Waals surface area contributed by atoms with Crippen LogP contribution in [0.3, 0.4) is 0 Å². The zero-order valence-electron chi connectivity index (χ0n) is 16.7. The molecule has 1 amide bonds. The minimum absolute atomic E-state index is 0.0986. The van der Waals surface area contributed by atoms with Crippen LogP contribution in [0.1, 0.15) is 56.6 Å². The zero-order valence-corrected chi connectivity index (χ0v) is 18.3. The minimum atomic E-state index is 0.0986. The number of piperidine rings is 1. The molecule has 4 rings (SSSR count). The summed E-state index contributed by atoms with van der Waals surface area (Å²) < 4.78 is 0. The molecule has 1 atom stereocenters. The average Bonchev–Trinajstić information content (AvgIpc) is 3.13. The molecule has 0 bridgehead atoms. The highest BCUT2D eigenvalue weighted by Crippen LogP contribution is 2.29. The number of hydrogen-bond donors (Lipinski definition) is 0. The van der Waals surface area contributed by atoms with Crippen molar-refractivity contribution >= 4 is 28.8 Å². The predicted molar refractivity (Wildman–Crippen MR) is 118 cm³/mol. The van der Waals surface area contributed by atoms with E-state index in [1.807, 2.05) is 36.9 Å². The van der Waals surface area contributed by atoms with Gasteiger partial charge in [-0.05, 0) is 68.5 Å². The number of pyridine rings is 1. The number of amides is 1. The lowest BCUT2D eigenvalue weighted by Crippen LogP contribution is -2.39. The van der Waals surface area contributed by atoms with Gasteiger partial charge >= 0.3 is 0 Å². The SMILES string of the molecule is Cc1cc(Cc2cccc(Cl)c2)cc([C@H]2CCCN(C(=O)c3scnc3C)C2)n1. The van der Waals surface area contributed by atoms with E-state index in [0.717, 1.165) is 52.8 Å². The molecular weight excluding hydrogens is 402 g/mol. The summed E-state index contributed by atoms with van der Waals surface area (Å²) in [6, 6.07) is 12.3. The Balaban J connectivity index is 1.53. The van der Waals surface area contributed by atoms with Crippen LogP contribution in [0.15, 0.2) is 41.9 Å². The standard InChI is InChI=1S/C23H24ClN3OS/c1-15-9-18(10-17-5-3-7-20(24)11-17)12-21(26-15)19-6-4-8-27(13-19)23(28)22-16(2)25-14-29-22/h3,5,7,9,11-12,14,19H,4,6,8,10,13H2,1-2H3/t19-/m0/s1. The summed E-state index contributed by atoms with van der Waals surface area (Å²) in [7, 11) is 0. The number of benzene rings is 1. The first-order valence-corrected chi connectivity index (χ1v) is 11.2. The zero-order chi connectivity index (χ0) is 20.4. The summed E-state index contributed by atoms with van der Waals surface area (Å²) in [5.74, 6) is 0.362. The molecule has 3 aromatic rings. The highest BCUT2D eigenvalue weighted by atomic mass is 35.5. The van der Waals surface area contributed by atoms with Crippen LogP contribution in [0.5, 0.6) is 0 Å². The second-order valence-corrected chi connectivity index (χ2v) is 9.00. The van der Waals surface area contributed by atoms with Gasteiger partial charge in [0.15, 0.2) is 0 Å². The van der Waals surface area contributed by atoms with Crippen LogP contribution in [0.2, 0.25) is 5.02 Å². The van der Waals surface area contributed by atoms with E-state index in [9.17, 15) is 4.79 Å². The molecule has 0 spiro atoms. The molecule has 2 aromatic heterocycles. The molecule has 0 aliphatic carbocycles. The molecule has 0 unspecified atom stereocenters. The van der Waals surface area contributed by atoms with Gasteiger partial charge in [-0.1, -0.05) is 23.7 Å². The van der Waals surface area contributed by atoms with Crippen molar-refractivity contribution < 1.29 is 4.79 Å². The lowest BCUT2D eigenvalue weighted by molar-refractivity contribution is 0.0710. The first kappa shape index (κ1) is 20.0. The molecule has 3 heterocycles. The van der Waals surface area contributed by atoms with E-state index in [-0.39, 0.29) is 11.8 Å². The van der Waals surface area contributed by atoms with Gasteiger partial charge in [0.05, 0.1) is 11.2 Å². The Hall–Kier alpha value is -2.24. The van der Waals surface area contributed by atoms with Gasteiger partial charge in [-0.3, -0.25) is 9.78 Å². The van der Waals surface area contributed by atoms with Gasteiger partial charge in [0.25, 0.3) is 5.91 Å². The number of rotatable bonds is 4.